The first-order chi connectivity index (χ1) is 16.9. The van der Waals surface area contributed by atoms with Crippen LogP contribution in [0.5, 0.6) is 0 Å². The Hall–Kier alpha value is -2.62. The molecule has 192 valence electrons. The molecule has 8 nitrogen and oxygen atoms in total. The highest BCUT2D eigenvalue weighted by Gasteiger charge is 2.72. The average molecular weight is 495 g/mol. The predicted octanol–water partition coefficient (Wildman–Crippen LogP) is 3.83. The summed E-state index contributed by atoms with van der Waals surface area (Å²) in [4.78, 5) is 11.4. The number of anilines is 2. The van der Waals surface area contributed by atoms with Gasteiger partial charge in [0.2, 0.25) is 5.95 Å². The normalized spacial score (nSPS) is 33.3. The molecule has 2 saturated carbocycles. The first-order valence-corrected chi connectivity index (χ1v) is 12.7. The Morgan fingerprint density at radius 2 is 2.00 bits per heavy atom. The van der Waals surface area contributed by atoms with Crippen LogP contribution < -0.4 is 5.32 Å². The topological polar surface area (TPSA) is 88.3 Å². The Morgan fingerprint density at radius 3 is 2.69 bits per heavy atom. The summed E-state index contributed by atoms with van der Waals surface area (Å²) in [5, 5.41) is 19.1. The maximum Gasteiger partial charge on any atom is 0.227 e. The van der Waals surface area contributed by atoms with Crippen molar-refractivity contribution in [2.45, 2.75) is 70.3 Å². The lowest BCUT2D eigenvalue weighted by Gasteiger charge is -2.39. The number of alkyl halides is 1. The van der Waals surface area contributed by atoms with E-state index in [1.807, 2.05) is 30.3 Å². The van der Waals surface area contributed by atoms with Gasteiger partial charge in [-0.05, 0) is 68.8 Å². The lowest BCUT2D eigenvalue weighted by atomic mass is 9.84. The van der Waals surface area contributed by atoms with E-state index in [0.717, 1.165) is 45.9 Å². The van der Waals surface area contributed by atoms with Gasteiger partial charge in [0.05, 0.1) is 54.0 Å². The number of aliphatic hydroxyl groups is 1. The number of aliphatic hydroxyl groups excluding tert-OH is 1. The first kappa shape index (κ1) is 23.8. The number of halogens is 1. The Morgan fingerprint density at radius 1 is 1.19 bits per heavy atom. The molecule has 3 aromatic rings. The minimum atomic E-state index is -1.01. The summed E-state index contributed by atoms with van der Waals surface area (Å²) < 4.78 is 23.0. The SMILES string of the molecule is C.Cc1cc2cnc(Nc3cnn(C45CC4C5)c3C)nc2cc1C1CCN(C2COCC2O)CC1F. The van der Waals surface area contributed by atoms with Gasteiger partial charge in [0.15, 0.2) is 0 Å². The van der Waals surface area contributed by atoms with Crippen LogP contribution in [0.2, 0.25) is 0 Å². The maximum absolute atomic E-state index is 15.4. The van der Waals surface area contributed by atoms with E-state index in [4.69, 9.17) is 9.72 Å². The van der Waals surface area contributed by atoms with Crippen molar-refractivity contribution >= 4 is 22.5 Å². The lowest BCUT2D eigenvalue weighted by Crippen LogP contribution is -2.50. The van der Waals surface area contributed by atoms with Crippen molar-refractivity contribution < 1.29 is 14.2 Å². The Labute approximate surface area is 210 Å². The lowest BCUT2D eigenvalue weighted by molar-refractivity contribution is 0.0352. The highest BCUT2D eigenvalue weighted by Crippen LogP contribution is 2.72. The minimum Gasteiger partial charge on any atom is -0.389 e. The number of ether oxygens (including phenoxy) is 1. The molecule has 4 fully saturated rings. The van der Waals surface area contributed by atoms with Crippen molar-refractivity contribution in [3.05, 3.63) is 41.3 Å². The summed E-state index contributed by atoms with van der Waals surface area (Å²) in [7, 11) is 0. The zero-order valence-electron chi connectivity index (χ0n) is 20.1. The largest absolute Gasteiger partial charge is 0.389 e. The molecule has 4 heterocycles. The fourth-order valence-electron chi connectivity index (χ4n) is 6.25. The summed E-state index contributed by atoms with van der Waals surface area (Å²) in [5.41, 5.74) is 5.22. The number of likely N-dealkylation sites (tertiary alicyclic amines) is 1. The number of aromatic nitrogens is 4. The summed E-state index contributed by atoms with van der Waals surface area (Å²) in [5.74, 6) is 1.15. The molecule has 9 heteroatoms. The molecule has 7 rings (SSSR count). The van der Waals surface area contributed by atoms with Crippen LogP contribution in [0.25, 0.3) is 10.9 Å². The number of nitrogens with one attached hydrogen (secondary N) is 1. The van der Waals surface area contributed by atoms with Crippen LogP contribution in [0.3, 0.4) is 0 Å². The van der Waals surface area contributed by atoms with Crippen molar-refractivity contribution in [2.75, 3.05) is 31.6 Å². The quantitative estimate of drug-likeness (QED) is 0.557. The van der Waals surface area contributed by atoms with Crippen molar-refractivity contribution in [3.63, 3.8) is 0 Å². The molecule has 0 spiro atoms. The van der Waals surface area contributed by atoms with Crippen LogP contribution in [-0.2, 0) is 10.3 Å². The standard InChI is InChI=1S/C26H31FN6O2.CH4/c1-14-5-16-9-28-25(31-22-10-29-33(15(22)2)26-7-17(26)8-26)30-21(16)6-19(14)18-3-4-32(11-20(18)27)23-12-35-13-24(23)34;/h5-6,9-10,17-18,20,23-24,34H,3-4,7-8,11-13H2,1-2H3,(H,28,30,31);1H4. The summed E-state index contributed by atoms with van der Waals surface area (Å²) in [6.07, 6.45) is 5.34. The molecule has 2 aromatic heterocycles. The Kier molecular flexibility index (Phi) is 5.59. The number of nitrogens with zero attached hydrogens (tertiary/aromatic N) is 5. The van der Waals surface area contributed by atoms with Gasteiger partial charge >= 0.3 is 0 Å². The molecule has 4 unspecified atom stereocenters. The third kappa shape index (κ3) is 3.71. The molecule has 36 heavy (non-hydrogen) atoms. The van der Waals surface area contributed by atoms with Gasteiger partial charge in [-0.2, -0.15) is 5.10 Å². The van der Waals surface area contributed by atoms with Gasteiger partial charge in [-0.1, -0.05) is 7.43 Å². The molecular weight excluding hydrogens is 459 g/mol. The highest BCUT2D eigenvalue weighted by atomic mass is 19.1. The van der Waals surface area contributed by atoms with Gasteiger partial charge < -0.3 is 15.2 Å². The number of piperidine rings is 1. The zero-order valence-corrected chi connectivity index (χ0v) is 20.1. The monoisotopic (exact) mass is 494 g/mol. The molecule has 0 bridgehead atoms. The second kappa shape index (κ2) is 8.46. The number of hydrogen-bond acceptors (Lipinski definition) is 7. The second-order valence-electron chi connectivity index (χ2n) is 10.9. The molecule has 2 aliphatic heterocycles. The van der Waals surface area contributed by atoms with Gasteiger partial charge in [0.25, 0.3) is 0 Å². The molecule has 0 amide bonds. The molecule has 4 atom stereocenters. The molecule has 0 radical (unpaired) electrons. The number of aryl methyl sites for hydroxylation is 1. The maximum atomic E-state index is 15.4. The van der Waals surface area contributed by atoms with Crippen molar-refractivity contribution in [1.82, 2.24) is 24.6 Å². The van der Waals surface area contributed by atoms with Gasteiger partial charge in [0, 0.05) is 24.0 Å². The Balaban J connectivity index is 0.00000240. The van der Waals surface area contributed by atoms with E-state index in [9.17, 15) is 5.11 Å². The Bertz CT molecular complexity index is 1300. The van der Waals surface area contributed by atoms with E-state index in [1.165, 1.54) is 12.8 Å². The summed E-state index contributed by atoms with van der Waals surface area (Å²) in [6, 6.07) is 3.99. The molecule has 2 aliphatic carbocycles. The summed E-state index contributed by atoms with van der Waals surface area (Å²) >= 11 is 0. The van der Waals surface area contributed by atoms with Crippen LogP contribution in [0.1, 0.15) is 49.4 Å². The zero-order chi connectivity index (χ0) is 23.9. The third-order valence-corrected chi connectivity index (χ3v) is 8.75. The molecule has 1 aromatic carbocycles. The van der Waals surface area contributed by atoms with Crippen molar-refractivity contribution in [2.24, 2.45) is 5.92 Å². The van der Waals surface area contributed by atoms with E-state index in [-0.39, 0.29) is 19.4 Å². The van der Waals surface area contributed by atoms with E-state index in [0.29, 0.717) is 37.7 Å². The van der Waals surface area contributed by atoms with Gasteiger partial charge in [0.1, 0.15) is 6.17 Å². The fraction of sp³-hybridized carbons (Fsp3) is 0.593. The second-order valence-corrected chi connectivity index (χ2v) is 10.9. The van der Waals surface area contributed by atoms with Crippen molar-refractivity contribution in [3.8, 4) is 0 Å². The average Bonchev–Trinajstić information content (AvgIpc) is 3.60. The van der Waals surface area contributed by atoms with Gasteiger partial charge in [-0.3, -0.25) is 9.58 Å². The van der Waals surface area contributed by atoms with E-state index in [1.54, 1.807) is 0 Å². The van der Waals surface area contributed by atoms with Crippen LogP contribution >= 0.6 is 0 Å². The van der Waals surface area contributed by atoms with E-state index < -0.39 is 12.3 Å². The first-order valence-electron chi connectivity index (χ1n) is 12.7. The van der Waals surface area contributed by atoms with Crippen LogP contribution in [0.4, 0.5) is 16.0 Å². The van der Waals surface area contributed by atoms with Gasteiger partial charge in [-0.15, -0.1) is 0 Å². The number of fused-ring (bicyclic) bond motifs is 2. The highest BCUT2D eigenvalue weighted by molar-refractivity contribution is 5.81. The molecule has 4 aliphatic rings. The number of rotatable bonds is 5. The predicted molar refractivity (Wildman–Crippen MR) is 136 cm³/mol. The van der Waals surface area contributed by atoms with E-state index >= 15 is 4.39 Å². The molecular formula is C27H35FN6O2. The summed E-state index contributed by atoms with van der Waals surface area (Å²) in [6.45, 7) is 5.99. The van der Waals surface area contributed by atoms with E-state index in [2.05, 4.69) is 33.1 Å². The van der Waals surface area contributed by atoms with Crippen LogP contribution in [0, 0.1) is 19.8 Å². The minimum absolute atomic E-state index is 0. The molecule has 2 N–H and O–H groups in total. The number of benzene rings is 1. The third-order valence-electron chi connectivity index (χ3n) is 8.75. The number of hydrogen-bond donors (Lipinski definition) is 2. The molecule has 2 saturated heterocycles. The van der Waals surface area contributed by atoms with Crippen LogP contribution in [0.15, 0.2) is 24.5 Å². The smallest absolute Gasteiger partial charge is 0.227 e. The van der Waals surface area contributed by atoms with Crippen LogP contribution in [-0.4, -0.2) is 74.4 Å². The van der Waals surface area contributed by atoms with Gasteiger partial charge in [-0.25, -0.2) is 14.4 Å². The fourth-order valence-corrected chi connectivity index (χ4v) is 6.25. The van der Waals surface area contributed by atoms with Crippen molar-refractivity contribution in [1.29, 1.82) is 0 Å².